The minimum Gasteiger partial charge on any atom is -0.329 e. The van der Waals surface area contributed by atoms with Gasteiger partial charge in [0.15, 0.2) is 0 Å². The Morgan fingerprint density at radius 3 is 2.74 bits per heavy atom. The van der Waals surface area contributed by atoms with E-state index in [1.165, 1.54) is 12.0 Å². The van der Waals surface area contributed by atoms with Gasteiger partial charge in [0.2, 0.25) is 0 Å². The Hall–Kier alpha value is -0.0900. The Kier molecular flexibility index (Phi) is 5.29. The fourth-order valence-electron chi connectivity index (χ4n) is 2.86. The normalized spacial score (nSPS) is 22.1. The number of rotatable bonds is 4. The number of nitrogens with two attached hydrogens (primary N) is 1. The van der Waals surface area contributed by atoms with Gasteiger partial charge < -0.3 is 5.73 Å². The molecule has 106 valence electrons. The van der Waals surface area contributed by atoms with Crippen molar-refractivity contribution in [1.29, 1.82) is 0 Å². The van der Waals surface area contributed by atoms with Gasteiger partial charge in [-0.15, -0.1) is 0 Å². The van der Waals surface area contributed by atoms with Crippen LogP contribution in [0.4, 0.5) is 0 Å². The van der Waals surface area contributed by atoms with Crippen molar-refractivity contribution in [2.75, 3.05) is 19.6 Å². The fourth-order valence-corrected chi connectivity index (χ4v) is 3.37. The van der Waals surface area contributed by atoms with Crippen LogP contribution < -0.4 is 5.73 Å². The van der Waals surface area contributed by atoms with E-state index in [1.54, 1.807) is 0 Å². The summed E-state index contributed by atoms with van der Waals surface area (Å²) in [6, 6.07) is 6.44. The lowest BCUT2D eigenvalue weighted by Gasteiger charge is -2.28. The molecule has 1 aromatic carbocycles. The van der Waals surface area contributed by atoms with Gasteiger partial charge in [0.25, 0.3) is 0 Å². The van der Waals surface area contributed by atoms with Gasteiger partial charge in [-0.05, 0) is 58.4 Å². The Labute approximate surface area is 129 Å². The molecule has 1 fully saturated rings. The largest absolute Gasteiger partial charge is 0.329 e. The molecule has 1 heterocycles. The molecule has 0 aromatic heterocycles. The predicted molar refractivity (Wildman–Crippen MR) is 85.5 cm³/mol. The summed E-state index contributed by atoms with van der Waals surface area (Å²) in [7, 11) is 0. The summed E-state index contributed by atoms with van der Waals surface area (Å²) < 4.78 is 0.949. The average Bonchev–Trinajstić information content (AvgIpc) is 2.84. The van der Waals surface area contributed by atoms with Crippen molar-refractivity contribution in [3.63, 3.8) is 0 Å². The van der Waals surface area contributed by atoms with E-state index in [1.807, 2.05) is 6.07 Å². The third-order valence-corrected chi connectivity index (χ3v) is 5.41. The fraction of sp³-hybridized carbons (Fsp3) is 0.600. The van der Waals surface area contributed by atoms with Crippen LogP contribution in [0.5, 0.6) is 0 Å². The maximum Gasteiger partial charge on any atom is 0.0548 e. The van der Waals surface area contributed by atoms with Crippen LogP contribution in [0.2, 0.25) is 5.02 Å². The minimum absolute atomic E-state index is 0.303. The molecule has 1 aliphatic rings. The van der Waals surface area contributed by atoms with Gasteiger partial charge in [0, 0.05) is 23.6 Å². The van der Waals surface area contributed by atoms with Crippen LogP contribution in [-0.4, -0.2) is 24.5 Å². The molecule has 1 aromatic rings. The third-order valence-electron chi connectivity index (χ3n) is 4.19. The highest BCUT2D eigenvalue weighted by atomic mass is 79.9. The number of hydrogen-bond donors (Lipinski definition) is 1. The molecule has 2 atom stereocenters. The molecule has 0 amide bonds. The van der Waals surface area contributed by atoms with Crippen LogP contribution >= 0.6 is 27.5 Å². The molecule has 2 rings (SSSR count). The van der Waals surface area contributed by atoms with Crippen molar-refractivity contribution < 1.29 is 0 Å². The van der Waals surface area contributed by atoms with Crippen molar-refractivity contribution in [3.05, 3.63) is 33.3 Å². The highest BCUT2D eigenvalue weighted by Gasteiger charge is 2.30. The maximum atomic E-state index is 6.06. The lowest BCUT2D eigenvalue weighted by Crippen LogP contribution is -2.32. The molecule has 19 heavy (non-hydrogen) atoms. The molecule has 2 unspecified atom stereocenters. The first-order valence-corrected chi connectivity index (χ1v) is 8.09. The van der Waals surface area contributed by atoms with E-state index in [-0.39, 0.29) is 0 Å². The number of benzene rings is 1. The molecule has 2 nitrogen and oxygen atoms in total. The van der Waals surface area contributed by atoms with E-state index < -0.39 is 0 Å². The zero-order valence-corrected chi connectivity index (χ0v) is 13.9. The van der Waals surface area contributed by atoms with E-state index in [9.17, 15) is 0 Å². The molecule has 1 saturated heterocycles. The van der Waals surface area contributed by atoms with Crippen LogP contribution in [0.3, 0.4) is 0 Å². The van der Waals surface area contributed by atoms with E-state index in [0.29, 0.717) is 12.6 Å². The number of likely N-dealkylation sites (tertiary alicyclic amines) is 1. The number of nitrogens with zero attached hydrogens (tertiary/aromatic N) is 1. The Balaban J connectivity index is 2.14. The van der Waals surface area contributed by atoms with E-state index >= 15 is 0 Å². The van der Waals surface area contributed by atoms with Gasteiger partial charge in [0.1, 0.15) is 0 Å². The van der Waals surface area contributed by atoms with Crippen molar-refractivity contribution in [2.45, 2.75) is 26.3 Å². The number of hydrogen-bond acceptors (Lipinski definition) is 2. The van der Waals surface area contributed by atoms with E-state index in [4.69, 9.17) is 17.3 Å². The van der Waals surface area contributed by atoms with Crippen molar-refractivity contribution >= 4 is 27.5 Å². The first-order chi connectivity index (χ1) is 9.02. The molecule has 0 radical (unpaired) electrons. The van der Waals surface area contributed by atoms with Crippen molar-refractivity contribution in [1.82, 2.24) is 4.90 Å². The Morgan fingerprint density at radius 2 is 2.21 bits per heavy atom. The highest BCUT2D eigenvalue weighted by molar-refractivity contribution is 9.10. The summed E-state index contributed by atoms with van der Waals surface area (Å²) in [6.07, 6.45) is 1.28. The van der Waals surface area contributed by atoms with Crippen molar-refractivity contribution in [3.8, 4) is 0 Å². The standard InChI is InChI=1S/C15H22BrClN2/c1-10(2)12-5-6-19(9-12)15(8-18)11-3-4-14(17)13(16)7-11/h3-4,7,10,12,15H,5-6,8-9,18H2,1-2H3. The molecular formula is C15H22BrClN2. The molecule has 0 aliphatic carbocycles. The quantitative estimate of drug-likeness (QED) is 0.891. The van der Waals surface area contributed by atoms with E-state index in [2.05, 4.69) is 46.8 Å². The van der Waals surface area contributed by atoms with Gasteiger partial charge in [-0.25, -0.2) is 0 Å². The SMILES string of the molecule is CC(C)C1CCN(C(CN)c2ccc(Cl)c(Br)c2)C1. The van der Waals surface area contributed by atoms with Gasteiger partial charge in [-0.3, -0.25) is 4.90 Å². The third kappa shape index (κ3) is 3.52. The predicted octanol–water partition coefficient (Wildman–Crippen LogP) is 4.08. The Bertz CT molecular complexity index is 436. The van der Waals surface area contributed by atoms with Gasteiger partial charge in [-0.2, -0.15) is 0 Å². The van der Waals surface area contributed by atoms with Crippen LogP contribution in [0.15, 0.2) is 22.7 Å². The first kappa shape index (κ1) is 15.3. The van der Waals surface area contributed by atoms with Crippen LogP contribution in [0.1, 0.15) is 31.9 Å². The van der Waals surface area contributed by atoms with E-state index in [0.717, 1.165) is 34.4 Å². The van der Waals surface area contributed by atoms with Gasteiger partial charge in [0.05, 0.1) is 5.02 Å². The second-order valence-corrected chi connectivity index (χ2v) is 6.97. The average molecular weight is 346 g/mol. The second-order valence-electron chi connectivity index (χ2n) is 5.71. The lowest BCUT2D eigenvalue weighted by atomic mass is 9.95. The summed E-state index contributed by atoms with van der Waals surface area (Å²) in [5, 5.41) is 0.751. The molecule has 0 saturated carbocycles. The van der Waals surface area contributed by atoms with Crippen LogP contribution in [0, 0.1) is 11.8 Å². The second kappa shape index (κ2) is 6.57. The zero-order valence-electron chi connectivity index (χ0n) is 11.6. The molecule has 0 spiro atoms. The molecule has 2 N–H and O–H groups in total. The summed E-state index contributed by atoms with van der Waals surface area (Å²) in [6.45, 7) is 7.57. The van der Waals surface area contributed by atoms with Crippen LogP contribution in [-0.2, 0) is 0 Å². The summed E-state index contributed by atoms with van der Waals surface area (Å²) in [4.78, 5) is 2.51. The molecule has 4 heteroatoms. The monoisotopic (exact) mass is 344 g/mol. The van der Waals surface area contributed by atoms with Crippen LogP contribution in [0.25, 0.3) is 0 Å². The highest BCUT2D eigenvalue weighted by Crippen LogP contribution is 2.33. The molecule has 0 bridgehead atoms. The van der Waals surface area contributed by atoms with Crippen molar-refractivity contribution in [2.24, 2.45) is 17.6 Å². The summed E-state index contributed by atoms with van der Waals surface area (Å²) in [5.41, 5.74) is 7.26. The topological polar surface area (TPSA) is 29.3 Å². The molecule has 1 aliphatic heterocycles. The smallest absolute Gasteiger partial charge is 0.0548 e. The van der Waals surface area contributed by atoms with Gasteiger partial charge >= 0.3 is 0 Å². The Morgan fingerprint density at radius 1 is 1.47 bits per heavy atom. The minimum atomic E-state index is 0.303. The number of halogens is 2. The summed E-state index contributed by atoms with van der Waals surface area (Å²) in [5.74, 6) is 1.55. The first-order valence-electron chi connectivity index (χ1n) is 6.92. The molecular weight excluding hydrogens is 324 g/mol. The zero-order chi connectivity index (χ0) is 14.0. The summed E-state index contributed by atoms with van der Waals surface area (Å²) >= 11 is 9.56. The van der Waals surface area contributed by atoms with Gasteiger partial charge in [-0.1, -0.05) is 31.5 Å². The lowest BCUT2D eigenvalue weighted by molar-refractivity contribution is 0.232. The maximum absolute atomic E-state index is 6.06.